The minimum absolute atomic E-state index is 0.234. The van der Waals surface area contributed by atoms with Crippen LogP contribution in [0.4, 0.5) is 5.69 Å². The molecule has 0 spiro atoms. The fourth-order valence-electron chi connectivity index (χ4n) is 2.05. The summed E-state index contributed by atoms with van der Waals surface area (Å²) in [6.07, 6.45) is 1.57. The summed E-state index contributed by atoms with van der Waals surface area (Å²) in [4.78, 5) is 22.9. The van der Waals surface area contributed by atoms with E-state index in [9.17, 15) is 9.59 Å². The molecule has 2 rings (SSSR count). The van der Waals surface area contributed by atoms with Crippen molar-refractivity contribution in [3.8, 4) is 0 Å². The van der Waals surface area contributed by atoms with Crippen molar-refractivity contribution in [1.82, 2.24) is 4.57 Å². The molecule has 2 N–H and O–H groups in total. The molecular formula is C16H18N2O3. The Labute approximate surface area is 123 Å². The number of benzene rings is 1. The van der Waals surface area contributed by atoms with Crippen LogP contribution in [0.25, 0.3) is 0 Å². The molecule has 0 aliphatic heterocycles. The first kappa shape index (κ1) is 14.8. The topological polar surface area (TPSA) is 71.3 Å². The van der Waals surface area contributed by atoms with E-state index in [0.717, 1.165) is 0 Å². The smallest absolute Gasteiger partial charge is 0.323 e. The van der Waals surface area contributed by atoms with Crippen molar-refractivity contribution in [3.63, 3.8) is 0 Å². The van der Waals surface area contributed by atoms with E-state index < -0.39 is 5.97 Å². The van der Waals surface area contributed by atoms with E-state index in [2.05, 4.69) is 19.2 Å². The van der Waals surface area contributed by atoms with Crippen molar-refractivity contribution in [2.75, 3.05) is 5.32 Å². The number of amides is 1. The number of aromatic nitrogens is 1. The number of nitrogens with one attached hydrogen (secondary N) is 1. The van der Waals surface area contributed by atoms with Crippen molar-refractivity contribution in [2.24, 2.45) is 0 Å². The fourth-order valence-corrected chi connectivity index (χ4v) is 2.05. The molecule has 0 fully saturated rings. The summed E-state index contributed by atoms with van der Waals surface area (Å²) in [5.41, 5.74) is 2.21. The van der Waals surface area contributed by atoms with Crippen molar-refractivity contribution in [1.29, 1.82) is 0 Å². The van der Waals surface area contributed by atoms with Gasteiger partial charge in [0.05, 0.1) is 0 Å². The lowest BCUT2D eigenvalue weighted by Crippen LogP contribution is -2.19. The molecule has 0 aliphatic carbocycles. The summed E-state index contributed by atoms with van der Waals surface area (Å²) < 4.78 is 1.40. The molecule has 1 amide bonds. The van der Waals surface area contributed by atoms with Gasteiger partial charge in [-0.25, -0.2) is 0 Å². The van der Waals surface area contributed by atoms with E-state index in [1.54, 1.807) is 18.3 Å². The third kappa shape index (κ3) is 3.72. The van der Waals surface area contributed by atoms with E-state index in [1.807, 2.05) is 24.3 Å². The standard InChI is InChI=1S/C16H18N2O3/c1-11(2)12-5-7-13(8-6-12)17-16(21)14-4-3-9-18(14)10-15(19)20/h3-9,11H,10H2,1-2H3,(H,17,21)(H,19,20). The average molecular weight is 286 g/mol. The lowest BCUT2D eigenvalue weighted by Gasteiger charge is -2.10. The molecular weight excluding hydrogens is 268 g/mol. The molecule has 1 aromatic heterocycles. The van der Waals surface area contributed by atoms with Gasteiger partial charge >= 0.3 is 5.97 Å². The van der Waals surface area contributed by atoms with E-state index in [-0.39, 0.29) is 12.5 Å². The molecule has 2 aromatic rings. The molecule has 110 valence electrons. The van der Waals surface area contributed by atoms with Gasteiger partial charge < -0.3 is 15.0 Å². The molecule has 21 heavy (non-hydrogen) atoms. The number of aliphatic carboxylic acids is 1. The van der Waals surface area contributed by atoms with Crippen LogP contribution in [0, 0.1) is 0 Å². The normalized spacial score (nSPS) is 10.6. The minimum Gasteiger partial charge on any atom is -0.480 e. The number of carbonyl (C=O) groups is 2. The van der Waals surface area contributed by atoms with Gasteiger partial charge in [-0.3, -0.25) is 9.59 Å². The van der Waals surface area contributed by atoms with Gasteiger partial charge in [-0.05, 0) is 35.7 Å². The number of nitrogens with zero attached hydrogens (tertiary/aromatic N) is 1. The lowest BCUT2D eigenvalue weighted by atomic mass is 10.0. The summed E-state index contributed by atoms with van der Waals surface area (Å²) in [5, 5.41) is 11.6. The number of anilines is 1. The number of rotatable bonds is 5. The van der Waals surface area contributed by atoms with Crippen molar-refractivity contribution >= 4 is 17.6 Å². The highest BCUT2D eigenvalue weighted by atomic mass is 16.4. The molecule has 0 atom stereocenters. The number of carboxylic acids is 1. The molecule has 1 aromatic carbocycles. The molecule has 5 nitrogen and oxygen atoms in total. The molecule has 0 saturated heterocycles. The Hall–Kier alpha value is -2.56. The van der Waals surface area contributed by atoms with Crippen LogP contribution in [0.5, 0.6) is 0 Å². The van der Waals surface area contributed by atoms with Crippen LogP contribution in [0.1, 0.15) is 35.8 Å². The fraction of sp³-hybridized carbons (Fsp3) is 0.250. The van der Waals surface area contributed by atoms with Crippen molar-refractivity contribution in [2.45, 2.75) is 26.3 Å². The third-order valence-electron chi connectivity index (χ3n) is 3.20. The number of carboxylic acid groups (broad SMARTS) is 1. The van der Waals surface area contributed by atoms with Crippen LogP contribution in [-0.4, -0.2) is 21.6 Å². The molecule has 0 bridgehead atoms. The van der Waals surface area contributed by atoms with Gasteiger partial charge in [0.2, 0.25) is 0 Å². The third-order valence-corrected chi connectivity index (χ3v) is 3.20. The summed E-state index contributed by atoms with van der Waals surface area (Å²) in [6.45, 7) is 3.97. The molecule has 0 unspecified atom stereocenters. The Morgan fingerprint density at radius 2 is 1.86 bits per heavy atom. The highest BCUT2D eigenvalue weighted by molar-refractivity contribution is 6.03. The van der Waals surface area contributed by atoms with E-state index in [4.69, 9.17) is 5.11 Å². The van der Waals surface area contributed by atoms with E-state index in [1.165, 1.54) is 10.1 Å². The van der Waals surface area contributed by atoms with E-state index >= 15 is 0 Å². The highest BCUT2D eigenvalue weighted by Crippen LogP contribution is 2.17. The van der Waals surface area contributed by atoms with Gasteiger partial charge in [0.25, 0.3) is 5.91 Å². The first-order valence-corrected chi connectivity index (χ1v) is 6.75. The zero-order chi connectivity index (χ0) is 15.4. The summed E-state index contributed by atoms with van der Waals surface area (Å²) in [6, 6.07) is 10.9. The Bertz CT molecular complexity index is 642. The van der Waals surface area contributed by atoms with Crippen molar-refractivity contribution in [3.05, 3.63) is 53.9 Å². The van der Waals surface area contributed by atoms with Crippen molar-refractivity contribution < 1.29 is 14.7 Å². The Balaban J connectivity index is 2.11. The Morgan fingerprint density at radius 1 is 1.19 bits per heavy atom. The van der Waals surface area contributed by atoms with Crippen LogP contribution in [0.2, 0.25) is 0 Å². The Kier molecular flexibility index (Phi) is 4.42. The maximum atomic E-state index is 12.2. The highest BCUT2D eigenvalue weighted by Gasteiger charge is 2.13. The molecule has 1 heterocycles. The predicted octanol–water partition coefficient (Wildman–Crippen LogP) is 2.95. The van der Waals surface area contributed by atoms with Crippen LogP contribution >= 0.6 is 0 Å². The summed E-state index contributed by atoms with van der Waals surface area (Å²) in [5.74, 6) is -0.873. The van der Waals surface area contributed by atoms with Gasteiger partial charge in [-0.1, -0.05) is 26.0 Å². The largest absolute Gasteiger partial charge is 0.480 e. The summed E-state index contributed by atoms with van der Waals surface area (Å²) >= 11 is 0. The molecule has 0 saturated carbocycles. The van der Waals surface area contributed by atoms with Crippen LogP contribution in [0.3, 0.4) is 0 Å². The maximum Gasteiger partial charge on any atom is 0.323 e. The average Bonchev–Trinajstić information content (AvgIpc) is 2.86. The second-order valence-corrected chi connectivity index (χ2v) is 5.15. The molecule has 0 radical (unpaired) electrons. The SMILES string of the molecule is CC(C)c1ccc(NC(=O)c2cccn2CC(=O)O)cc1. The quantitative estimate of drug-likeness (QED) is 0.887. The van der Waals surface area contributed by atoms with Crippen LogP contribution in [0.15, 0.2) is 42.6 Å². The first-order chi connectivity index (χ1) is 9.97. The number of hydrogen-bond donors (Lipinski definition) is 2. The Morgan fingerprint density at radius 3 is 2.43 bits per heavy atom. The van der Waals surface area contributed by atoms with Gasteiger partial charge in [0.15, 0.2) is 0 Å². The minimum atomic E-state index is -0.985. The summed E-state index contributed by atoms with van der Waals surface area (Å²) in [7, 11) is 0. The lowest BCUT2D eigenvalue weighted by molar-refractivity contribution is -0.137. The molecule has 5 heteroatoms. The molecule has 0 aliphatic rings. The maximum absolute atomic E-state index is 12.2. The van der Waals surface area contributed by atoms with E-state index in [0.29, 0.717) is 17.3 Å². The van der Waals surface area contributed by atoms with Gasteiger partial charge in [0, 0.05) is 11.9 Å². The first-order valence-electron chi connectivity index (χ1n) is 6.75. The van der Waals surface area contributed by atoms with Gasteiger partial charge in [-0.15, -0.1) is 0 Å². The van der Waals surface area contributed by atoms with Crippen LogP contribution < -0.4 is 5.32 Å². The van der Waals surface area contributed by atoms with Gasteiger partial charge in [-0.2, -0.15) is 0 Å². The monoisotopic (exact) mass is 286 g/mol. The van der Waals surface area contributed by atoms with Gasteiger partial charge in [0.1, 0.15) is 12.2 Å². The predicted molar refractivity (Wildman–Crippen MR) is 80.6 cm³/mol. The second kappa shape index (κ2) is 6.26. The van der Waals surface area contributed by atoms with Crippen LogP contribution in [-0.2, 0) is 11.3 Å². The zero-order valence-corrected chi connectivity index (χ0v) is 12.0. The zero-order valence-electron chi connectivity index (χ0n) is 12.0. The number of hydrogen-bond acceptors (Lipinski definition) is 2. The second-order valence-electron chi connectivity index (χ2n) is 5.15. The number of carbonyl (C=O) groups excluding carboxylic acids is 1.